The summed E-state index contributed by atoms with van der Waals surface area (Å²) in [5.41, 5.74) is 15.7. The summed E-state index contributed by atoms with van der Waals surface area (Å²) in [5, 5.41) is 1.42. The van der Waals surface area contributed by atoms with Gasteiger partial charge in [-0.1, -0.05) is 23.2 Å². The van der Waals surface area contributed by atoms with E-state index < -0.39 is 0 Å². The summed E-state index contributed by atoms with van der Waals surface area (Å²) >= 11 is 11.7. The maximum absolute atomic E-state index is 5.93. The number of nitrogen functional groups attached to an aromatic ring is 2. The molecule has 0 radical (unpaired) electrons. The molecule has 0 unspecified atom stereocenters. The number of halogens is 2. The van der Waals surface area contributed by atoms with Gasteiger partial charge in [-0.25, -0.2) is 0 Å². The van der Waals surface area contributed by atoms with Gasteiger partial charge in [-0.15, -0.1) is 0 Å². The van der Waals surface area contributed by atoms with Crippen molar-refractivity contribution >= 4 is 46.0 Å². The van der Waals surface area contributed by atoms with Crippen LogP contribution >= 0.6 is 23.2 Å². The van der Waals surface area contributed by atoms with Crippen LogP contribution in [0.1, 0.15) is 38.5 Å². The standard InChI is InChI=1S/2C11H15ClN2/c2*12-9-4-5-11(10(13)8-9)14-6-2-1-3-7-14/h2*4-5,8H,1-3,6-7,13H2. The fraction of sp³-hybridized carbons (Fsp3) is 0.455. The molecular weight excluding hydrogens is 391 g/mol. The molecule has 4 nitrogen and oxygen atoms in total. The second kappa shape index (κ2) is 10.1. The first-order chi connectivity index (χ1) is 13.5. The molecule has 0 bridgehead atoms. The second-order valence-corrected chi connectivity index (χ2v) is 8.37. The summed E-state index contributed by atoms with van der Waals surface area (Å²) in [6.07, 6.45) is 7.74. The predicted octanol–water partition coefficient (Wildman–Crippen LogP) is 5.83. The van der Waals surface area contributed by atoms with Crippen LogP contribution in [0.2, 0.25) is 10.0 Å². The van der Waals surface area contributed by atoms with Crippen molar-refractivity contribution in [3.63, 3.8) is 0 Å². The lowest BCUT2D eigenvalue weighted by molar-refractivity contribution is 0.578. The molecular formula is C22H30Cl2N4. The Balaban J connectivity index is 0.000000161. The van der Waals surface area contributed by atoms with Gasteiger partial charge in [-0.05, 0) is 74.9 Å². The van der Waals surface area contributed by atoms with E-state index in [1.54, 1.807) is 0 Å². The number of hydrogen-bond acceptors (Lipinski definition) is 4. The molecule has 0 amide bonds. The lowest BCUT2D eigenvalue weighted by atomic mass is 10.1. The average molecular weight is 421 g/mol. The van der Waals surface area contributed by atoms with Crippen molar-refractivity contribution in [1.82, 2.24) is 0 Å². The Kier molecular flexibility index (Phi) is 7.57. The van der Waals surface area contributed by atoms with Crippen LogP contribution in [0.3, 0.4) is 0 Å². The second-order valence-electron chi connectivity index (χ2n) is 7.50. The van der Waals surface area contributed by atoms with Gasteiger partial charge >= 0.3 is 0 Å². The Morgan fingerprint density at radius 3 is 1.25 bits per heavy atom. The van der Waals surface area contributed by atoms with Crippen molar-refractivity contribution in [2.45, 2.75) is 38.5 Å². The zero-order valence-corrected chi connectivity index (χ0v) is 17.9. The van der Waals surface area contributed by atoms with Crippen LogP contribution in [0, 0.1) is 0 Å². The van der Waals surface area contributed by atoms with Crippen molar-refractivity contribution in [1.29, 1.82) is 0 Å². The van der Waals surface area contributed by atoms with Crippen molar-refractivity contribution in [2.24, 2.45) is 0 Å². The number of hydrogen-bond donors (Lipinski definition) is 2. The highest BCUT2D eigenvalue weighted by Gasteiger charge is 2.14. The Morgan fingerprint density at radius 2 is 0.929 bits per heavy atom. The van der Waals surface area contributed by atoms with Gasteiger partial charge in [-0.2, -0.15) is 0 Å². The molecule has 4 N–H and O–H groups in total. The molecule has 2 aliphatic rings. The maximum Gasteiger partial charge on any atom is 0.0600 e. The Bertz CT molecular complexity index is 704. The molecule has 152 valence electrons. The first kappa shape index (κ1) is 20.9. The largest absolute Gasteiger partial charge is 0.397 e. The van der Waals surface area contributed by atoms with Crippen LogP contribution in [0.4, 0.5) is 22.7 Å². The van der Waals surface area contributed by atoms with E-state index in [1.807, 2.05) is 36.4 Å². The van der Waals surface area contributed by atoms with E-state index in [2.05, 4.69) is 9.80 Å². The van der Waals surface area contributed by atoms with Gasteiger partial charge in [0.25, 0.3) is 0 Å². The lowest BCUT2D eigenvalue weighted by Gasteiger charge is -2.29. The van der Waals surface area contributed by atoms with E-state index in [-0.39, 0.29) is 0 Å². The highest BCUT2D eigenvalue weighted by atomic mass is 35.5. The SMILES string of the molecule is Nc1cc(Cl)ccc1N1CCCCC1.Nc1cc(Cl)ccc1N1CCCCC1. The van der Waals surface area contributed by atoms with E-state index >= 15 is 0 Å². The number of piperidine rings is 2. The van der Waals surface area contributed by atoms with Gasteiger partial charge in [0.05, 0.1) is 22.7 Å². The summed E-state index contributed by atoms with van der Waals surface area (Å²) in [5.74, 6) is 0. The summed E-state index contributed by atoms with van der Waals surface area (Å²) < 4.78 is 0. The van der Waals surface area contributed by atoms with Crippen LogP contribution in [0.15, 0.2) is 36.4 Å². The van der Waals surface area contributed by atoms with Gasteiger partial charge in [-0.3, -0.25) is 0 Å². The molecule has 0 aromatic heterocycles. The molecule has 2 aromatic carbocycles. The molecule has 2 aliphatic heterocycles. The van der Waals surface area contributed by atoms with E-state index in [1.165, 1.54) is 38.5 Å². The molecule has 2 fully saturated rings. The van der Waals surface area contributed by atoms with Gasteiger partial charge in [0.2, 0.25) is 0 Å². The molecule has 2 saturated heterocycles. The topological polar surface area (TPSA) is 58.5 Å². The highest BCUT2D eigenvalue weighted by Crippen LogP contribution is 2.29. The normalized spacial score (nSPS) is 17.1. The Hall–Kier alpha value is -1.78. The van der Waals surface area contributed by atoms with Crippen molar-refractivity contribution in [3.05, 3.63) is 46.4 Å². The van der Waals surface area contributed by atoms with Crippen molar-refractivity contribution in [3.8, 4) is 0 Å². The fourth-order valence-corrected chi connectivity index (χ4v) is 4.26. The minimum absolute atomic E-state index is 0.711. The van der Waals surface area contributed by atoms with E-state index in [0.29, 0.717) is 10.0 Å². The monoisotopic (exact) mass is 420 g/mol. The average Bonchev–Trinajstić information content (AvgIpc) is 2.70. The van der Waals surface area contributed by atoms with Crippen LogP contribution in [-0.4, -0.2) is 26.2 Å². The van der Waals surface area contributed by atoms with Crippen molar-refractivity contribution in [2.75, 3.05) is 47.4 Å². The van der Waals surface area contributed by atoms with Crippen LogP contribution < -0.4 is 21.3 Å². The highest BCUT2D eigenvalue weighted by molar-refractivity contribution is 6.31. The minimum atomic E-state index is 0.711. The van der Waals surface area contributed by atoms with Gasteiger partial charge in [0.1, 0.15) is 0 Å². The minimum Gasteiger partial charge on any atom is -0.397 e. The number of rotatable bonds is 2. The number of anilines is 4. The molecule has 2 aromatic rings. The van der Waals surface area contributed by atoms with Gasteiger partial charge in [0.15, 0.2) is 0 Å². The fourth-order valence-electron chi connectivity index (χ4n) is 3.90. The number of nitrogens with zero attached hydrogens (tertiary/aromatic N) is 2. The molecule has 0 saturated carbocycles. The van der Waals surface area contributed by atoms with E-state index in [4.69, 9.17) is 34.7 Å². The third-order valence-electron chi connectivity index (χ3n) is 5.37. The summed E-state index contributed by atoms with van der Waals surface area (Å²) in [6.45, 7) is 4.47. The predicted molar refractivity (Wildman–Crippen MR) is 124 cm³/mol. The van der Waals surface area contributed by atoms with Gasteiger partial charge < -0.3 is 21.3 Å². The van der Waals surface area contributed by atoms with Gasteiger partial charge in [0, 0.05) is 36.2 Å². The summed E-state index contributed by atoms with van der Waals surface area (Å²) in [4.78, 5) is 4.68. The Labute approximate surface area is 178 Å². The maximum atomic E-state index is 5.93. The zero-order chi connectivity index (χ0) is 19.9. The van der Waals surface area contributed by atoms with E-state index in [9.17, 15) is 0 Å². The van der Waals surface area contributed by atoms with Crippen LogP contribution in [0.5, 0.6) is 0 Å². The molecule has 28 heavy (non-hydrogen) atoms. The number of nitrogens with two attached hydrogens (primary N) is 2. The third-order valence-corrected chi connectivity index (χ3v) is 5.84. The summed E-state index contributed by atoms with van der Waals surface area (Å²) in [6, 6.07) is 11.5. The first-order valence-corrected chi connectivity index (χ1v) is 10.9. The van der Waals surface area contributed by atoms with E-state index in [0.717, 1.165) is 48.9 Å². The smallest absolute Gasteiger partial charge is 0.0600 e. The molecule has 0 aliphatic carbocycles. The quantitative estimate of drug-likeness (QED) is 0.600. The number of benzene rings is 2. The molecule has 4 rings (SSSR count). The van der Waals surface area contributed by atoms with Crippen LogP contribution in [0.25, 0.3) is 0 Å². The molecule has 0 atom stereocenters. The summed E-state index contributed by atoms with van der Waals surface area (Å²) in [7, 11) is 0. The molecule has 0 spiro atoms. The van der Waals surface area contributed by atoms with Crippen molar-refractivity contribution < 1.29 is 0 Å². The molecule has 2 heterocycles. The first-order valence-electron chi connectivity index (χ1n) is 10.1. The third kappa shape index (κ3) is 5.62. The molecule has 6 heteroatoms. The zero-order valence-electron chi connectivity index (χ0n) is 16.3. The van der Waals surface area contributed by atoms with Crippen LogP contribution in [-0.2, 0) is 0 Å². The Morgan fingerprint density at radius 1 is 0.571 bits per heavy atom. The lowest BCUT2D eigenvalue weighted by Crippen LogP contribution is -2.29.